The molecule has 2 unspecified atom stereocenters. The molecular formula is C42H65N7O10. The summed E-state index contributed by atoms with van der Waals surface area (Å²) < 4.78 is 32.9. The number of rotatable bonds is 11. The number of hydrogen-bond donors (Lipinski definition) is 2. The van der Waals surface area contributed by atoms with Crippen LogP contribution in [-0.2, 0) is 44.6 Å². The summed E-state index contributed by atoms with van der Waals surface area (Å²) in [5, 5.41) is 23.0. The zero-order valence-electron chi connectivity index (χ0n) is 36.5. The second kappa shape index (κ2) is 19.1. The van der Waals surface area contributed by atoms with Gasteiger partial charge in [-0.25, -0.2) is 4.79 Å². The highest BCUT2D eigenvalue weighted by Crippen LogP contribution is 2.40. The molecule has 59 heavy (non-hydrogen) atoms. The van der Waals surface area contributed by atoms with Crippen molar-refractivity contribution in [2.45, 2.75) is 154 Å². The van der Waals surface area contributed by atoms with E-state index in [1.807, 2.05) is 64.2 Å². The lowest BCUT2D eigenvalue weighted by Crippen LogP contribution is -2.61. The molecule has 2 amide bonds. The molecule has 5 heterocycles. The lowest BCUT2D eigenvalue weighted by molar-refractivity contribution is -0.295. The first-order valence-electron chi connectivity index (χ1n) is 20.9. The first kappa shape index (κ1) is 46.0. The Bertz CT molecular complexity index is 1760. The SMILES string of the molecule is CC[C@H]1OC(=O)[C@H](C)C(=O)[C@@H](C)[C@@H](O[C@@H]2O[C@H](C)CC(N(C)C)C2O)[C@](C)(OC)C[C@@H](C)C(=O)N[C@H](C)[C@H]2N(CCCCn3cc(-c4ccccn4)nn3)C(=O)O[C@]12C. The third kappa shape index (κ3) is 9.96. The number of aliphatic hydroxyl groups excluding tert-OH is 1. The maximum atomic E-state index is 14.4. The van der Waals surface area contributed by atoms with Crippen LogP contribution in [0.25, 0.3) is 11.4 Å². The maximum absolute atomic E-state index is 14.4. The summed E-state index contributed by atoms with van der Waals surface area (Å²) in [5.41, 5.74) is -1.30. The molecule has 0 aromatic carbocycles. The van der Waals surface area contributed by atoms with Gasteiger partial charge < -0.3 is 39.0 Å². The number of aliphatic hydroxyl groups is 1. The molecule has 0 aliphatic carbocycles. The number of cyclic esters (lactones) is 1. The Balaban J connectivity index is 1.41. The molecule has 0 spiro atoms. The number of fused-ring (bicyclic) bond motifs is 1. The number of methoxy groups -OCH3 is 1. The lowest BCUT2D eigenvalue weighted by Gasteiger charge is -2.46. The fourth-order valence-corrected chi connectivity index (χ4v) is 9.14. The highest BCUT2D eigenvalue weighted by Gasteiger charge is 2.59. The molecule has 3 fully saturated rings. The fraction of sp³-hybridized carbons (Fsp3) is 0.738. The molecule has 3 aliphatic heterocycles. The van der Waals surface area contributed by atoms with Crippen LogP contribution in [0.2, 0.25) is 0 Å². The van der Waals surface area contributed by atoms with E-state index in [0.717, 1.165) is 0 Å². The summed E-state index contributed by atoms with van der Waals surface area (Å²) in [6.07, 6.45) is 0.588. The van der Waals surface area contributed by atoms with Gasteiger partial charge in [0.2, 0.25) is 5.91 Å². The summed E-state index contributed by atoms with van der Waals surface area (Å²) in [7, 11) is 5.21. The van der Waals surface area contributed by atoms with Crippen molar-refractivity contribution in [3.8, 4) is 11.4 Å². The number of nitrogens with one attached hydrogen (secondary N) is 1. The van der Waals surface area contributed by atoms with Gasteiger partial charge >= 0.3 is 12.1 Å². The molecule has 5 rings (SSSR count). The highest BCUT2D eigenvalue weighted by atomic mass is 16.7. The Labute approximate surface area is 347 Å². The van der Waals surface area contributed by atoms with Gasteiger partial charge in [-0.05, 0) is 93.0 Å². The predicted octanol–water partition coefficient (Wildman–Crippen LogP) is 3.62. The van der Waals surface area contributed by atoms with E-state index < -0.39 is 83.5 Å². The Hall–Kier alpha value is -4.03. The van der Waals surface area contributed by atoms with Crippen LogP contribution in [0.4, 0.5) is 4.79 Å². The van der Waals surface area contributed by atoms with Gasteiger partial charge in [-0.2, -0.15) is 0 Å². The van der Waals surface area contributed by atoms with Crippen LogP contribution in [0.1, 0.15) is 87.5 Å². The van der Waals surface area contributed by atoms with Crippen molar-refractivity contribution in [3.05, 3.63) is 30.6 Å². The molecule has 2 aromatic heterocycles. The van der Waals surface area contributed by atoms with Crippen molar-refractivity contribution in [2.24, 2.45) is 17.8 Å². The van der Waals surface area contributed by atoms with Gasteiger partial charge in [0.1, 0.15) is 23.8 Å². The Kier molecular flexibility index (Phi) is 14.9. The van der Waals surface area contributed by atoms with Gasteiger partial charge in [-0.3, -0.25) is 28.9 Å². The minimum absolute atomic E-state index is 0.0989. The average molecular weight is 828 g/mol. The van der Waals surface area contributed by atoms with E-state index in [9.17, 15) is 24.3 Å². The van der Waals surface area contributed by atoms with Crippen LogP contribution in [0, 0.1) is 17.8 Å². The third-order valence-electron chi connectivity index (χ3n) is 12.5. The van der Waals surface area contributed by atoms with Crippen molar-refractivity contribution >= 4 is 23.8 Å². The Morgan fingerprint density at radius 1 is 1.03 bits per heavy atom. The standard InChI is InChI=1S/C42H65N7O10/c1-12-32-42(8)35(49(40(54)59-42)20-16-15-19-48-23-30(45-46-48)29-17-13-14-18-43-29)28(6)44-37(52)24(2)22-41(7,55-11)36(26(4)33(50)27(5)38(53)57-32)58-39-34(51)31(47(9)10)21-25(3)56-39/h13-14,17-18,23-28,31-32,34-36,39,51H,12,15-16,19-22H2,1-11H3,(H,44,52)/t24-,25-,26-,27-,28-,31?,32-,34?,35-,36-,39+,41-,42-/m1/s1. The van der Waals surface area contributed by atoms with Gasteiger partial charge in [0.15, 0.2) is 17.7 Å². The van der Waals surface area contributed by atoms with E-state index in [0.29, 0.717) is 37.2 Å². The molecule has 2 N–H and O–H groups in total. The molecular weight excluding hydrogens is 763 g/mol. The van der Waals surface area contributed by atoms with E-state index in [2.05, 4.69) is 20.6 Å². The topological polar surface area (TPSA) is 197 Å². The monoisotopic (exact) mass is 827 g/mol. The number of hydrogen-bond acceptors (Lipinski definition) is 14. The average Bonchev–Trinajstić information content (AvgIpc) is 3.78. The number of esters is 1. The number of ether oxygens (including phenoxy) is 5. The molecule has 2 aromatic rings. The maximum Gasteiger partial charge on any atom is 0.410 e. The van der Waals surface area contributed by atoms with Gasteiger partial charge in [-0.1, -0.05) is 32.1 Å². The van der Waals surface area contributed by atoms with Gasteiger partial charge in [0.25, 0.3) is 0 Å². The normalized spacial score (nSPS) is 36.4. The molecule has 328 valence electrons. The summed E-state index contributed by atoms with van der Waals surface area (Å²) >= 11 is 0. The van der Waals surface area contributed by atoms with Crippen LogP contribution < -0.4 is 5.32 Å². The first-order valence-corrected chi connectivity index (χ1v) is 20.9. The molecule has 17 heteroatoms. The molecule has 13 atom stereocenters. The van der Waals surface area contributed by atoms with Crippen molar-refractivity contribution < 1.29 is 48.0 Å². The van der Waals surface area contributed by atoms with E-state index in [-0.39, 0.29) is 37.4 Å². The number of nitrogens with zero attached hydrogens (tertiary/aromatic N) is 6. The molecule has 0 radical (unpaired) electrons. The first-order chi connectivity index (χ1) is 27.8. The van der Waals surface area contributed by atoms with Gasteiger partial charge in [-0.15, -0.1) is 5.10 Å². The van der Waals surface area contributed by atoms with Crippen molar-refractivity contribution in [2.75, 3.05) is 27.7 Å². The zero-order chi connectivity index (χ0) is 43.4. The van der Waals surface area contributed by atoms with Crippen molar-refractivity contribution in [1.29, 1.82) is 0 Å². The third-order valence-corrected chi connectivity index (χ3v) is 12.5. The molecule has 0 bridgehead atoms. The van der Waals surface area contributed by atoms with Crippen molar-refractivity contribution in [3.63, 3.8) is 0 Å². The van der Waals surface area contributed by atoms with E-state index in [4.69, 9.17) is 23.7 Å². The van der Waals surface area contributed by atoms with Crippen LogP contribution in [0.15, 0.2) is 30.6 Å². The van der Waals surface area contributed by atoms with E-state index in [1.165, 1.54) is 14.0 Å². The number of amides is 2. The summed E-state index contributed by atoms with van der Waals surface area (Å²) in [6, 6.07) is 3.88. The minimum atomic E-state index is -1.39. The minimum Gasteiger partial charge on any atom is -0.458 e. The van der Waals surface area contributed by atoms with Crippen LogP contribution in [0.3, 0.4) is 0 Å². The predicted molar refractivity (Wildman–Crippen MR) is 215 cm³/mol. The van der Waals surface area contributed by atoms with Crippen LogP contribution >= 0.6 is 0 Å². The zero-order valence-corrected chi connectivity index (χ0v) is 36.5. The number of likely N-dealkylation sites (N-methyl/N-ethyl adjacent to an activating group) is 1. The van der Waals surface area contributed by atoms with Crippen molar-refractivity contribution in [1.82, 2.24) is 35.1 Å². The number of aromatic nitrogens is 4. The number of unbranched alkanes of at least 4 members (excludes halogenated alkanes) is 1. The number of ketones is 1. The van der Waals surface area contributed by atoms with Gasteiger partial charge in [0.05, 0.1) is 41.8 Å². The Morgan fingerprint density at radius 3 is 2.39 bits per heavy atom. The summed E-state index contributed by atoms with van der Waals surface area (Å²) in [5.74, 6) is -4.49. The van der Waals surface area contributed by atoms with Gasteiger partial charge in [0, 0.05) is 44.3 Å². The second-order valence-corrected chi connectivity index (χ2v) is 17.3. The Morgan fingerprint density at radius 2 is 1.75 bits per heavy atom. The largest absolute Gasteiger partial charge is 0.458 e. The fourth-order valence-electron chi connectivity index (χ4n) is 9.14. The van der Waals surface area contributed by atoms with E-state index >= 15 is 0 Å². The molecule has 3 aliphatic rings. The number of pyridine rings is 1. The summed E-state index contributed by atoms with van der Waals surface area (Å²) in [6.45, 7) is 14.7. The number of carbonyl (C=O) groups is 4. The smallest absolute Gasteiger partial charge is 0.410 e. The number of Topliss-reactive ketones (excluding diaryl/α,β-unsaturated/α-hetero) is 1. The number of carbonyl (C=O) groups excluding carboxylic acids is 4. The summed E-state index contributed by atoms with van der Waals surface area (Å²) in [4.78, 5) is 64.2. The van der Waals surface area contributed by atoms with Crippen LogP contribution in [0.5, 0.6) is 0 Å². The molecule has 3 saturated heterocycles. The van der Waals surface area contributed by atoms with E-state index in [1.54, 1.807) is 43.5 Å². The van der Waals surface area contributed by atoms with Crippen LogP contribution in [-0.4, -0.2) is 146 Å². The molecule has 17 nitrogen and oxygen atoms in total. The second-order valence-electron chi connectivity index (χ2n) is 17.3. The lowest BCUT2D eigenvalue weighted by atomic mass is 9.78. The molecule has 0 saturated carbocycles. The number of aryl methyl sites for hydroxylation is 1. The quantitative estimate of drug-likeness (QED) is 0.189. The highest BCUT2D eigenvalue weighted by molar-refractivity contribution is 6.00.